The summed E-state index contributed by atoms with van der Waals surface area (Å²) in [6.07, 6.45) is 3.45. The van der Waals surface area contributed by atoms with Crippen molar-refractivity contribution in [3.05, 3.63) is 48.3 Å². The zero-order chi connectivity index (χ0) is 14.8. The van der Waals surface area contributed by atoms with Gasteiger partial charge in [-0.2, -0.15) is 5.10 Å². The summed E-state index contributed by atoms with van der Waals surface area (Å²) in [6, 6.07) is 8.33. The summed E-state index contributed by atoms with van der Waals surface area (Å²) in [5.74, 6) is -0.108. The zero-order valence-corrected chi connectivity index (χ0v) is 11.1. The van der Waals surface area contributed by atoms with Gasteiger partial charge in [0, 0.05) is 24.0 Å². The number of aromatic nitrogens is 3. The summed E-state index contributed by atoms with van der Waals surface area (Å²) >= 11 is 0. The molecule has 0 radical (unpaired) electrons. The molecule has 0 unspecified atom stereocenters. The number of anilines is 2. The van der Waals surface area contributed by atoms with Crippen LogP contribution in [0.4, 0.5) is 11.5 Å². The van der Waals surface area contributed by atoms with Gasteiger partial charge in [0.1, 0.15) is 17.1 Å². The molecule has 2 aromatic heterocycles. The number of carbonyl (C=O) groups is 1. The van der Waals surface area contributed by atoms with Crippen molar-refractivity contribution in [2.45, 2.75) is 0 Å². The van der Waals surface area contributed by atoms with Crippen molar-refractivity contribution in [2.75, 3.05) is 12.4 Å². The van der Waals surface area contributed by atoms with Gasteiger partial charge >= 0.3 is 5.97 Å². The van der Waals surface area contributed by atoms with Gasteiger partial charge in [0.15, 0.2) is 5.65 Å². The standard InChI is InChI=1S/C14H12N4O3/c1-21-11-8-9(2-3-10(11)14(19)20)16-12-5-7-18-13(17-12)4-6-15-18/h2-8H,1H3,(H,16,17)(H,19,20). The van der Waals surface area contributed by atoms with Gasteiger partial charge in [0.25, 0.3) is 0 Å². The normalized spacial score (nSPS) is 10.5. The summed E-state index contributed by atoms with van der Waals surface area (Å²) < 4.78 is 6.74. The van der Waals surface area contributed by atoms with Crippen LogP contribution in [-0.4, -0.2) is 32.8 Å². The lowest BCUT2D eigenvalue weighted by Gasteiger charge is -2.09. The molecule has 2 heterocycles. The molecular formula is C14H12N4O3. The van der Waals surface area contributed by atoms with Gasteiger partial charge in [0.2, 0.25) is 0 Å². The van der Waals surface area contributed by atoms with E-state index in [-0.39, 0.29) is 11.3 Å². The van der Waals surface area contributed by atoms with Gasteiger partial charge in [-0.15, -0.1) is 0 Å². The maximum atomic E-state index is 11.0. The van der Waals surface area contributed by atoms with Crippen LogP contribution in [0, 0.1) is 0 Å². The number of carboxylic acids is 1. The number of hydrogen-bond acceptors (Lipinski definition) is 5. The summed E-state index contributed by atoms with van der Waals surface area (Å²) in [6.45, 7) is 0. The van der Waals surface area contributed by atoms with Crippen molar-refractivity contribution in [2.24, 2.45) is 0 Å². The molecule has 0 fully saturated rings. The molecule has 0 aliphatic rings. The van der Waals surface area contributed by atoms with E-state index >= 15 is 0 Å². The highest BCUT2D eigenvalue weighted by Crippen LogP contribution is 2.25. The number of nitrogens with one attached hydrogen (secondary N) is 1. The molecule has 3 rings (SSSR count). The number of nitrogens with zero attached hydrogens (tertiary/aromatic N) is 3. The number of carboxylic acid groups (broad SMARTS) is 1. The first-order chi connectivity index (χ1) is 10.2. The first kappa shape index (κ1) is 12.9. The van der Waals surface area contributed by atoms with Crippen molar-refractivity contribution in [3.8, 4) is 5.75 Å². The fraction of sp³-hybridized carbons (Fsp3) is 0.0714. The van der Waals surface area contributed by atoms with Gasteiger partial charge in [-0.3, -0.25) is 0 Å². The Hall–Kier alpha value is -3.09. The largest absolute Gasteiger partial charge is 0.496 e. The smallest absolute Gasteiger partial charge is 0.339 e. The lowest BCUT2D eigenvalue weighted by molar-refractivity contribution is 0.0693. The number of rotatable bonds is 4. The molecule has 0 spiro atoms. The third-order valence-corrected chi connectivity index (χ3v) is 2.96. The summed E-state index contributed by atoms with van der Waals surface area (Å²) in [7, 11) is 1.43. The highest BCUT2D eigenvalue weighted by molar-refractivity contribution is 5.91. The van der Waals surface area contributed by atoms with Crippen molar-refractivity contribution in [1.29, 1.82) is 0 Å². The molecule has 7 nitrogen and oxygen atoms in total. The molecule has 0 atom stereocenters. The van der Waals surface area contributed by atoms with E-state index in [0.29, 0.717) is 17.2 Å². The van der Waals surface area contributed by atoms with Crippen LogP contribution < -0.4 is 10.1 Å². The molecule has 2 N–H and O–H groups in total. The lowest BCUT2D eigenvalue weighted by atomic mass is 10.2. The molecule has 0 saturated carbocycles. The second kappa shape index (κ2) is 5.12. The Labute approximate surface area is 119 Å². The maximum Gasteiger partial charge on any atom is 0.339 e. The van der Waals surface area contributed by atoms with E-state index in [1.54, 1.807) is 41.2 Å². The maximum absolute atomic E-state index is 11.0. The van der Waals surface area contributed by atoms with Crippen LogP contribution in [-0.2, 0) is 0 Å². The molecule has 0 bridgehead atoms. The molecule has 3 aromatic rings. The molecule has 106 valence electrons. The van der Waals surface area contributed by atoms with Crippen LogP contribution in [0.25, 0.3) is 5.65 Å². The Kier molecular flexibility index (Phi) is 3.15. The summed E-state index contributed by atoms with van der Waals surface area (Å²) in [4.78, 5) is 15.4. The van der Waals surface area contributed by atoms with Crippen LogP contribution in [0.5, 0.6) is 5.75 Å². The first-order valence-electron chi connectivity index (χ1n) is 6.16. The highest BCUT2D eigenvalue weighted by atomic mass is 16.5. The van der Waals surface area contributed by atoms with E-state index in [0.717, 1.165) is 0 Å². The third kappa shape index (κ3) is 2.48. The Bertz CT molecular complexity index is 813. The quantitative estimate of drug-likeness (QED) is 0.763. The molecule has 0 aliphatic carbocycles. The minimum Gasteiger partial charge on any atom is -0.496 e. The van der Waals surface area contributed by atoms with E-state index in [4.69, 9.17) is 9.84 Å². The fourth-order valence-corrected chi connectivity index (χ4v) is 1.98. The van der Waals surface area contributed by atoms with Crippen molar-refractivity contribution >= 4 is 23.1 Å². The average molecular weight is 284 g/mol. The highest BCUT2D eigenvalue weighted by Gasteiger charge is 2.11. The number of benzene rings is 1. The second-order valence-corrected chi connectivity index (χ2v) is 4.29. The van der Waals surface area contributed by atoms with E-state index in [1.165, 1.54) is 13.2 Å². The van der Waals surface area contributed by atoms with Gasteiger partial charge < -0.3 is 15.2 Å². The van der Waals surface area contributed by atoms with Crippen LogP contribution >= 0.6 is 0 Å². The molecule has 0 saturated heterocycles. The summed E-state index contributed by atoms with van der Waals surface area (Å²) in [5.41, 5.74) is 1.52. The van der Waals surface area contributed by atoms with Crippen molar-refractivity contribution < 1.29 is 14.6 Å². The minimum atomic E-state index is -1.03. The van der Waals surface area contributed by atoms with Gasteiger partial charge in [-0.25, -0.2) is 14.3 Å². The van der Waals surface area contributed by atoms with E-state index in [1.807, 2.05) is 0 Å². The molecule has 0 aliphatic heterocycles. The minimum absolute atomic E-state index is 0.113. The molecular weight excluding hydrogens is 272 g/mol. The average Bonchev–Trinajstić information content (AvgIpc) is 2.94. The predicted octanol–water partition coefficient (Wildman–Crippen LogP) is 2.18. The lowest BCUT2D eigenvalue weighted by Crippen LogP contribution is -2.02. The number of hydrogen-bond donors (Lipinski definition) is 2. The second-order valence-electron chi connectivity index (χ2n) is 4.29. The Morgan fingerprint density at radius 3 is 2.95 bits per heavy atom. The third-order valence-electron chi connectivity index (χ3n) is 2.96. The molecule has 7 heteroatoms. The molecule has 1 aromatic carbocycles. The van der Waals surface area contributed by atoms with Gasteiger partial charge in [-0.05, 0) is 18.2 Å². The van der Waals surface area contributed by atoms with E-state index in [2.05, 4.69) is 15.4 Å². The Morgan fingerprint density at radius 2 is 2.19 bits per heavy atom. The summed E-state index contributed by atoms with van der Waals surface area (Å²) in [5, 5.41) is 16.2. The van der Waals surface area contributed by atoms with Crippen LogP contribution in [0.2, 0.25) is 0 Å². The Morgan fingerprint density at radius 1 is 1.33 bits per heavy atom. The SMILES string of the molecule is COc1cc(Nc2ccn3nccc3n2)ccc1C(=O)O. The van der Waals surface area contributed by atoms with Gasteiger partial charge in [-0.1, -0.05) is 0 Å². The molecule has 21 heavy (non-hydrogen) atoms. The van der Waals surface area contributed by atoms with Crippen LogP contribution in [0.1, 0.15) is 10.4 Å². The zero-order valence-electron chi connectivity index (χ0n) is 11.1. The molecule has 0 amide bonds. The first-order valence-corrected chi connectivity index (χ1v) is 6.16. The topological polar surface area (TPSA) is 88.8 Å². The number of methoxy groups -OCH3 is 1. The van der Waals surface area contributed by atoms with Crippen LogP contribution in [0.15, 0.2) is 42.7 Å². The van der Waals surface area contributed by atoms with Crippen molar-refractivity contribution in [3.63, 3.8) is 0 Å². The van der Waals surface area contributed by atoms with Crippen LogP contribution in [0.3, 0.4) is 0 Å². The number of ether oxygens (including phenoxy) is 1. The Balaban J connectivity index is 1.91. The number of fused-ring (bicyclic) bond motifs is 1. The fourth-order valence-electron chi connectivity index (χ4n) is 1.98. The predicted molar refractivity (Wildman–Crippen MR) is 76.2 cm³/mol. The van der Waals surface area contributed by atoms with E-state index < -0.39 is 5.97 Å². The number of aromatic carboxylic acids is 1. The van der Waals surface area contributed by atoms with Gasteiger partial charge in [0.05, 0.1) is 13.3 Å². The van der Waals surface area contributed by atoms with Crippen molar-refractivity contribution in [1.82, 2.24) is 14.6 Å². The monoisotopic (exact) mass is 284 g/mol. The van der Waals surface area contributed by atoms with E-state index in [9.17, 15) is 4.79 Å².